The van der Waals surface area contributed by atoms with E-state index in [9.17, 15) is 18.4 Å². The maximum Gasteiger partial charge on any atom is 0.306 e. The molecule has 9 heteroatoms. The predicted molar refractivity (Wildman–Crippen MR) is 111 cm³/mol. The molecule has 1 atom stereocenters. The standard InChI is InChI=1S/C21H17ClF2N2O3S/c1-2-29-18(27)8-12-7-11-3-4-13(22)9-16(11)26(21(12)28)10-17-25-15-6-5-14(23)19(24)20(15)30-17/h3-6,9,12H,2,7-8,10H2,1H3. The van der Waals surface area contributed by atoms with Gasteiger partial charge in [0.05, 0.1) is 35.7 Å². The normalized spacial score (nSPS) is 16.1. The number of carbonyl (C=O) groups excluding carboxylic acids is 2. The molecule has 2 heterocycles. The fourth-order valence-corrected chi connectivity index (χ4v) is 4.73. The van der Waals surface area contributed by atoms with Gasteiger partial charge in [-0.05, 0) is 43.2 Å². The molecule has 0 aliphatic carbocycles. The molecule has 0 fully saturated rings. The Morgan fingerprint density at radius 1 is 1.33 bits per heavy atom. The molecule has 1 aliphatic heterocycles. The summed E-state index contributed by atoms with van der Waals surface area (Å²) < 4.78 is 32.7. The molecule has 0 bridgehead atoms. The first-order valence-electron chi connectivity index (χ1n) is 9.36. The molecular weight excluding hydrogens is 434 g/mol. The van der Waals surface area contributed by atoms with E-state index in [-0.39, 0.29) is 30.2 Å². The van der Waals surface area contributed by atoms with E-state index in [1.54, 1.807) is 19.1 Å². The van der Waals surface area contributed by atoms with Gasteiger partial charge in [-0.3, -0.25) is 9.59 Å². The van der Waals surface area contributed by atoms with E-state index in [1.807, 2.05) is 6.07 Å². The van der Waals surface area contributed by atoms with Crippen LogP contribution in [0, 0.1) is 17.6 Å². The van der Waals surface area contributed by atoms with E-state index in [0.29, 0.717) is 27.7 Å². The summed E-state index contributed by atoms with van der Waals surface area (Å²) in [6.45, 7) is 2.01. The molecular formula is C21H17ClF2N2O3S. The van der Waals surface area contributed by atoms with Crippen molar-refractivity contribution < 1.29 is 23.1 Å². The Kier molecular flexibility index (Phi) is 5.71. The van der Waals surface area contributed by atoms with Crippen LogP contribution in [0.4, 0.5) is 14.5 Å². The minimum absolute atomic E-state index is 0.0368. The van der Waals surface area contributed by atoms with Gasteiger partial charge in [-0.2, -0.15) is 0 Å². The summed E-state index contributed by atoms with van der Waals surface area (Å²) in [5.74, 6) is -3.18. The van der Waals surface area contributed by atoms with Crippen LogP contribution in [0.25, 0.3) is 10.2 Å². The molecule has 0 saturated heterocycles. The highest BCUT2D eigenvalue weighted by Crippen LogP contribution is 2.36. The van der Waals surface area contributed by atoms with E-state index < -0.39 is 23.5 Å². The number of carbonyl (C=O) groups is 2. The van der Waals surface area contributed by atoms with Crippen LogP contribution in [0.2, 0.25) is 5.02 Å². The molecule has 30 heavy (non-hydrogen) atoms. The Bertz CT molecular complexity index is 1150. The Morgan fingerprint density at radius 2 is 2.13 bits per heavy atom. The summed E-state index contributed by atoms with van der Waals surface area (Å²) in [7, 11) is 0. The molecule has 0 saturated carbocycles. The van der Waals surface area contributed by atoms with Gasteiger partial charge in [-0.1, -0.05) is 17.7 Å². The minimum Gasteiger partial charge on any atom is -0.466 e. The molecule has 1 aromatic heterocycles. The summed E-state index contributed by atoms with van der Waals surface area (Å²) in [5.41, 5.74) is 1.82. The third kappa shape index (κ3) is 3.89. The third-order valence-corrected chi connectivity index (χ3v) is 6.21. The van der Waals surface area contributed by atoms with Crippen LogP contribution in [-0.4, -0.2) is 23.5 Å². The van der Waals surface area contributed by atoms with Gasteiger partial charge < -0.3 is 9.64 Å². The number of nitrogens with zero attached hydrogens (tertiary/aromatic N) is 2. The zero-order chi connectivity index (χ0) is 21.4. The number of halogens is 3. The number of fused-ring (bicyclic) bond motifs is 2. The Labute approximate surface area is 180 Å². The van der Waals surface area contributed by atoms with E-state index in [4.69, 9.17) is 16.3 Å². The van der Waals surface area contributed by atoms with Crippen LogP contribution in [0.3, 0.4) is 0 Å². The maximum atomic E-state index is 14.1. The molecule has 1 unspecified atom stereocenters. The van der Waals surface area contributed by atoms with Crippen molar-refractivity contribution in [3.8, 4) is 0 Å². The van der Waals surface area contributed by atoms with Crippen LogP contribution in [0.1, 0.15) is 23.9 Å². The molecule has 156 valence electrons. The summed E-state index contributed by atoms with van der Waals surface area (Å²) >= 11 is 7.13. The summed E-state index contributed by atoms with van der Waals surface area (Å²) in [4.78, 5) is 31.0. The smallest absolute Gasteiger partial charge is 0.306 e. The molecule has 3 aromatic rings. The third-order valence-electron chi connectivity index (χ3n) is 4.93. The number of rotatable bonds is 5. The highest BCUT2D eigenvalue weighted by Gasteiger charge is 2.35. The summed E-state index contributed by atoms with van der Waals surface area (Å²) in [6, 6.07) is 7.66. The van der Waals surface area contributed by atoms with Crippen LogP contribution in [0.5, 0.6) is 0 Å². The van der Waals surface area contributed by atoms with E-state index in [2.05, 4.69) is 4.98 Å². The quantitative estimate of drug-likeness (QED) is 0.519. The van der Waals surface area contributed by atoms with Crippen LogP contribution < -0.4 is 4.90 Å². The van der Waals surface area contributed by atoms with Gasteiger partial charge in [0.15, 0.2) is 11.6 Å². The van der Waals surface area contributed by atoms with E-state index >= 15 is 0 Å². The van der Waals surface area contributed by atoms with Crippen molar-refractivity contribution in [1.29, 1.82) is 0 Å². The lowest BCUT2D eigenvalue weighted by Crippen LogP contribution is -2.41. The highest BCUT2D eigenvalue weighted by molar-refractivity contribution is 7.18. The molecule has 5 nitrogen and oxygen atoms in total. The maximum absolute atomic E-state index is 14.1. The SMILES string of the molecule is CCOC(=O)CC1Cc2ccc(Cl)cc2N(Cc2nc3ccc(F)c(F)c3s2)C1=O. The number of esters is 1. The molecule has 1 amide bonds. The lowest BCUT2D eigenvalue weighted by Gasteiger charge is -2.33. The fourth-order valence-electron chi connectivity index (χ4n) is 3.58. The average Bonchev–Trinajstić information content (AvgIpc) is 3.12. The molecule has 0 spiro atoms. The first-order valence-corrected chi connectivity index (χ1v) is 10.6. The van der Waals surface area contributed by atoms with Crippen molar-refractivity contribution in [2.75, 3.05) is 11.5 Å². The van der Waals surface area contributed by atoms with Gasteiger partial charge in [0.25, 0.3) is 0 Å². The lowest BCUT2D eigenvalue weighted by molar-refractivity contribution is -0.146. The van der Waals surface area contributed by atoms with Gasteiger partial charge in [0, 0.05) is 10.7 Å². The monoisotopic (exact) mass is 450 g/mol. The van der Waals surface area contributed by atoms with Gasteiger partial charge in [0.1, 0.15) is 5.01 Å². The Hall–Kier alpha value is -2.58. The van der Waals surface area contributed by atoms with E-state index in [1.165, 1.54) is 11.0 Å². The van der Waals surface area contributed by atoms with Gasteiger partial charge >= 0.3 is 5.97 Å². The fraction of sp³-hybridized carbons (Fsp3) is 0.286. The topological polar surface area (TPSA) is 59.5 Å². The van der Waals surface area contributed by atoms with Crippen molar-refractivity contribution >= 4 is 50.7 Å². The van der Waals surface area contributed by atoms with Crippen LogP contribution in [-0.2, 0) is 27.3 Å². The molecule has 1 aliphatic rings. The number of amides is 1. The first kappa shape index (κ1) is 20.7. The van der Waals surface area contributed by atoms with Crippen molar-refractivity contribution in [1.82, 2.24) is 4.98 Å². The number of benzene rings is 2. The molecule has 0 N–H and O–H groups in total. The van der Waals surface area contributed by atoms with Gasteiger partial charge in [0.2, 0.25) is 5.91 Å². The zero-order valence-corrected chi connectivity index (χ0v) is 17.5. The van der Waals surface area contributed by atoms with Crippen LogP contribution >= 0.6 is 22.9 Å². The number of hydrogen-bond acceptors (Lipinski definition) is 5. The first-order chi connectivity index (χ1) is 14.4. The second-order valence-electron chi connectivity index (χ2n) is 6.92. The van der Waals surface area contributed by atoms with Gasteiger partial charge in [-0.15, -0.1) is 11.3 Å². The number of thiazole rings is 1. The van der Waals surface area contributed by atoms with Crippen LogP contribution in [0.15, 0.2) is 30.3 Å². The zero-order valence-electron chi connectivity index (χ0n) is 16.0. The largest absolute Gasteiger partial charge is 0.466 e. The average molecular weight is 451 g/mol. The summed E-state index contributed by atoms with van der Waals surface area (Å²) in [5, 5.41) is 0.915. The number of anilines is 1. The van der Waals surface area contributed by atoms with E-state index in [0.717, 1.165) is 23.0 Å². The van der Waals surface area contributed by atoms with Crippen molar-refractivity contribution in [2.45, 2.75) is 26.3 Å². The predicted octanol–water partition coefficient (Wildman–Crippen LogP) is 4.89. The van der Waals surface area contributed by atoms with Gasteiger partial charge in [-0.25, -0.2) is 13.8 Å². The van der Waals surface area contributed by atoms with Crippen molar-refractivity contribution in [2.24, 2.45) is 5.92 Å². The number of hydrogen-bond donors (Lipinski definition) is 0. The molecule has 2 aromatic carbocycles. The lowest BCUT2D eigenvalue weighted by atomic mass is 9.89. The Balaban J connectivity index is 1.69. The molecule has 0 radical (unpaired) electrons. The highest BCUT2D eigenvalue weighted by atomic mass is 35.5. The second kappa shape index (κ2) is 8.28. The number of aromatic nitrogens is 1. The number of ether oxygens (including phenoxy) is 1. The van der Waals surface area contributed by atoms with Crippen molar-refractivity contribution in [3.63, 3.8) is 0 Å². The molecule has 4 rings (SSSR count). The van der Waals surface area contributed by atoms with Crippen molar-refractivity contribution in [3.05, 3.63) is 57.6 Å². The second-order valence-corrected chi connectivity index (χ2v) is 8.44. The minimum atomic E-state index is -0.954. The Morgan fingerprint density at radius 3 is 2.90 bits per heavy atom. The summed E-state index contributed by atoms with van der Waals surface area (Å²) in [6.07, 6.45) is 0.352.